The van der Waals surface area contributed by atoms with Crippen molar-refractivity contribution in [2.45, 2.75) is 17.4 Å². The quantitative estimate of drug-likeness (QED) is 0.912. The van der Waals surface area contributed by atoms with Gasteiger partial charge in [-0.1, -0.05) is 11.8 Å². The van der Waals surface area contributed by atoms with E-state index in [1.165, 1.54) is 0 Å². The number of rotatable bonds is 3. The summed E-state index contributed by atoms with van der Waals surface area (Å²) in [4.78, 5) is 10.6. The average Bonchev–Trinajstić information content (AvgIpc) is 2.63. The molecule has 0 saturated carbocycles. The number of carbonyl (C=O) groups is 1. The largest absolute Gasteiger partial charge is 0.285 e. The summed E-state index contributed by atoms with van der Waals surface area (Å²) in [6.07, 6.45) is 0.367. The molecule has 4 nitrogen and oxygen atoms in total. The van der Waals surface area contributed by atoms with Crippen molar-refractivity contribution in [3.63, 3.8) is 0 Å². The predicted molar refractivity (Wildman–Crippen MR) is 62.5 cm³/mol. The maximum Gasteiger partial charge on any atom is 0.244 e. The zero-order chi connectivity index (χ0) is 13.3. The van der Waals surface area contributed by atoms with Crippen molar-refractivity contribution in [3.05, 3.63) is 29.8 Å². The minimum Gasteiger partial charge on any atom is -0.285 e. The second-order valence-electron chi connectivity index (χ2n) is 3.70. The van der Waals surface area contributed by atoms with E-state index in [0.717, 1.165) is 23.9 Å². The van der Waals surface area contributed by atoms with E-state index in [4.69, 9.17) is 0 Å². The van der Waals surface area contributed by atoms with Gasteiger partial charge in [-0.2, -0.15) is 4.72 Å². The second-order valence-corrected chi connectivity index (χ2v) is 6.49. The van der Waals surface area contributed by atoms with E-state index in [1.807, 2.05) is 0 Å². The third-order valence-corrected chi connectivity index (χ3v) is 4.93. The van der Waals surface area contributed by atoms with Gasteiger partial charge in [0, 0.05) is 11.8 Å². The molecular weight excluding hydrogens is 284 g/mol. The molecule has 2 rings (SSSR count). The summed E-state index contributed by atoms with van der Waals surface area (Å²) in [7, 11) is -4.15. The fourth-order valence-electron chi connectivity index (χ4n) is 1.55. The monoisotopic (exact) mass is 293 g/mol. The maximum absolute atomic E-state index is 13.4. The third-order valence-electron chi connectivity index (χ3n) is 2.42. The normalized spacial score (nSPS) is 20.3. The molecule has 0 radical (unpaired) electrons. The molecule has 1 aliphatic heterocycles. The van der Waals surface area contributed by atoms with E-state index in [1.54, 1.807) is 0 Å². The van der Waals surface area contributed by atoms with Crippen LogP contribution in [0.4, 0.5) is 8.78 Å². The molecule has 1 heterocycles. The molecule has 1 aliphatic rings. The molecular formula is C10H9F2NO3S2. The molecule has 1 aromatic rings. The highest BCUT2D eigenvalue weighted by molar-refractivity contribution is 8.14. The Kier molecular flexibility index (Phi) is 3.69. The van der Waals surface area contributed by atoms with Gasteiger partial charge in [0.05, 0.1) is 6.04 Å². The Bertz CT molecular complexity index is 589. The third kappa shape index (κ3) is 2.70. The summed E-state index contributed by atoms with van der Waals surface area (Å²) in [6.45, 7) is 0. The Morgan fingerprint density at radius 2 is 2.06 bits per heavy atom. The molecule has 1 N–H and O–H groups in total. The van der Waals surface area contributed by atoms with E-state index in [-0.39, 0.29) is 5.12 Å². The molecule has 0 bridgehead atoms. The van der Waals surface area contributed by atoms with Gasteiger partial charge in [-0.25, -0.2) is 17.2 Å². The van der Waals surface area contributed by atoms with E-state index in [9.17, 15) is 22.0 Å². The highest BCUT2D eigenvalue weighted by Crippen LogP contribution is 2.22. The molecule has 1 saturated heterocycles. The average molecular weight is 293 g/mol. The summed E-state index contributed by atoms with van der Waals surface area (Å²) in [6, 6.07) is 1.33. The maximum atomic E-state index is 13.4. The van der Waals surface area contributed by atoms with E-state index >= 15 is 0 Å². The minimum absolute atomic E-state index is 0.291. The molecule has 1 unspecified atom stereocenters. The molecule has 0 aromatic heterocycles. The second kappa shape index (κ2) is 4.94. The Morgan fingerprint density at radius 3 is 2.61 bits per heavy atom. The number of nitrogens with one attached hydrogen (secondary N) is 1. The fourth-order valence-corrected chi connectivity index (χ4v) is 3.84. The van der Waals surface area contributed by atoms with Crippen LogP contribution in [0.15, 0.2) is 23.1 Å². The predicted octanol–water partition coefficient (Wildman–Crippen LogP) is 1.28. The summed E-state index contributed by atoms with van der Waals surface area (Å²) < 4.78 is 51.8. The first kappa shape index (κ1) is 13.4. The number of benzene rings is 1. The van der Waals surface area contributed by atoms with Crippen molar-refractivity contribution in [1.82, 2.24) is 4.72 Å². The number of sulfonamides is 1. The lowest BCUT2D eigenvalue weighted by Crippen LogP contribution is -2.37. The first-order valence-electron chi connectivity index (χ1n) is 5.04. The SMILES string of the molecule is O=C1SCCC1NS(=O)(=O)c1ccc(F)cc1F. The zero-order valence-electron chi connectivity index (χ0n) is 9.02. The van der Waals surface area contributed by atoms with Gasteiger partial charge in [-0.15, -0.1) is 0 Å². The van der Waals surface area contributed by atoms with Gasteiger partial charge >= 0.3 is 0 Å². The molecule has 98 valence electrons. The molecule has 0 spiro atoms. The van der Waals surface area contributed by atoms with Gasteiger partial charge < -0.3 is 0 Å². The Balaban J connectivity index is 2.28. The van der Waals surface area contributed by atoms with Crippen LogP contribution in [0.25, 0.3) is 0 Å². The Hall–Kier alpha value is -0.990. The standard InChI is InChI=1S/C10H9F2NO3S2/c11-6-1-2-9(7(12)5-6)18(15,16)13-8-3-4-17-10(8)14/h1-2,5,8,13H,3-4H2. The first-order valence-corrected chi connectivity index (χ1v) is 7.51. The van der Waals surface area contributed by atoms with E-state index in [2.05, 4.69) is 4.72 Å². The Morgan fingerprint density at radius 1 is 1.33 bits per heavy atom. The van der Waals surface area contributed by atoms with Crippen LogP contribution in [0.2, 0.25) is 0 Å². The van der Waals surface area contributed by atoms with Gasteiger partial charge in [-0.05, 0) is 18.6 Å². The molecule has 18 heavy (non-hydrogen) atoms. The van der Waals surface area contributed by atoms with Crippen LogP contribution in [-0.4, -0.2) is 25.3 Å². The fraction of sp³-hybridized carbons (Fsp3) is 0.300. The number of halogens is 2. The van der Waals surface area contributed by atoms with Crippen molar-refractivity contribution in [2.24, 2.45) is 0 Å². The zero-order valence-corrected chi connectivity index (χ0v) is 10.7. The van der Waals surface area contributed by atoms with Gasteiger partial charge in [0.15, 0.2) is 0 Å². The topological polar surface area (TPSA) is 63.2 Å². The van der Waals surface area contributed by atoms with Gasteiger partial charge in [0.1, 0.15) is 16.5 Å². The van der Waals surface area contributed by atoms with Crippen molar-refractivity contribution < 1.29 is 22.0 Å². The molecule has 0 aliphatic carbocycles. The molecule has 1 atom stereocenters. The number of hydrogen-bond donors (Lipinski definition) is 1. The highest BCUT2D eigenvalue weighted by atomic mass is 32.2. The van der Waals surface area contributed by atoms with Crippen LogP contribution in [-0.2, 0) is 14.8 Å². The van der Waals surface area contributed by atoms with Crippen LogP contribution in [0.5, 0.6) is 0 Å². The molecule has 0 amide bonds. The van der Waals surface area contributed by atoms with Crippen molar-refractivity contribution in [2.75, 3.05) is 5.75 Å². The Labute approximate surface area is 107 Å². The van der Waals surface area contributed by atoms with E-state index < -0.39 is 32.6 Å². The number of thioether (sulfide) groups is 1. The van der Waals surface area contributed by atoms with Crippen molar-refractivity contribution >= 4 is 26.9 Å². The van der Waals surface area contributed by atoms with Crippen LogP contribution in [0.3, 0.4) is 0 Å². The molecule has 1 aromatic carbocycles. The molecule has 8 heteroatoms. The van der Waals surface area contributed by atoms with Crippen LogP contribution in [0, 0.1) is 11.6 Å². The number of hydrogen-bond acceptors (Lipinski definition) is 4. The van der Waals surface area contributed by atoms with Crippen LogP contribution in [0.1, 0.15) is 6.42 Å². The van der Waals surface area contributed by atoms with Gasteiger partial charge in [0.2, 0.25) is 15.1 Å². The summed E-state index contributed by atoms with van der Waals surface area (Å²) in [5, 5.41) is -0.291. The molecule has 1 fully saturated rings. The number of carbonyl (C=O) groups excluding carboxylic acids is 1. The lowest BCUT2D eigenvalue weighted by molar-refractivity contribution is -0.111. The lowest BCUT2D eigenvalue weighted by atomic mass is 10.3. The summed E-state index contributed by atoms with van der Waals surface area (Å²) in [5.41, 5.74) is 0. The van der Waals surface area contributed by atoms with Gasteiger partial charge in [-0.3, -0.25) is 4.79 Å². The van der Waals surface area contributed by atoms with Crippen molar-refractivity contribution in [3.8, 4) is 0 Å². The summed E-state index contributed by atoms with van der Waals surface area (Å²) in [5.74, 6) is -1.52. The van der Waals surface area contributed by atoms with Crippen LogP contribution >= 0.6 is 11.8 Å². The highest BCUT2D eigenvalue weighted by Gasteiger charge is 2.31. The smallest absolute Gasteiger partial charge is 0.244 e. The van der Waals surface area contributed by atoms with E-state index in [0.29, 0.717) is 18.2 Å². The first-order chi connectivity index (χ1) is 8.40. The minimum atomic E-state index is -4.15. The summed E-state index contributed by atoms with van der Waals surface area (Å²) >= 11 is 1.03. The van der Waals surface area contributed by atoms with Crippen molar-refractivity contribution in [1.29, 1.82) is 0 Å². The van der Waals surface area contributed by atoms with Crippen LogP contribution < -0.4 is 4.72 Å². The lowest BCUT2D eigenvalue weighted by Gasteiger charge is -2.11. The van der Waals surface area contributed by atoms with Gasteiger partial charge in [0.25, 0.3) is 0 Å².